The predicted octanol–water partition coefficient (Wildman–Crippen LogP) is -2.24. The number of phosphoric ester groups is 2. The number of hydrogen-bond donors (Lipinski definition) is 6. The van der Waals surface area contributed by atoms with E-state index in [9.17, 15) is 33.9 Å². The highest BCUT2D eigenvalue weighted by atomic mass is 31.3. The van der Waals surface area contributed by atoms with E-state index in [1.54, 1.807) is 21.1 Å². The monoisotopic (exact) mass is 505 g/mol. The molecule has 0 aliphatic carbocycles. The summed E-state index contributed by atoms with van der Waals surface area (Å²) in [6.07, 6.45) is -5.27. The fourth-order valence-corrected chi connectivity index (χ4v) is 4.62. The van der Waals surface area contributed by atoms with Crippen LogP contribution in [0.2, 0.25) is 0 Å². The summed E-state index contributed by atoms with van der Waals surface area (Å²) in [5.41, 5.74) is 4.42. The van der Waals surface area contributed by atoms with Crippen molar-refractivity contribution in [3.63, 3.8) is 0 Å². The maximum absolute atomic E-state index is 12.2. The van der Waals surface area contributed by atoms with Crippen molar-refractivity contribution < 1.29 is 56.8 Å². The number of likely N-dealkylation sites (N-methyl/N-ethyl adjacent to an activating group) is 1. The van der Waals surface area contributed by atoms with E-state index in [1.807, 2.05) is 0 Å². The second-order valence-electron chi connectivity index (χ2n) is 7.87. The Hall–Kier alpha value is -1.42. The van der Waals surface area contributed by atoms with Crippen LogP contribution in [-0.4, -0.2) is 98.4 Å². The number of aliphatic hydroxyl groups excluding tert-OH is 3. The maximum atomic E-state index is 12.2. The van der Waals surface area contributed by atoms with Crippen molar-refractivity contribution in [1.29, 1.82) is 0 Å². The van der Waals surface area contributed by atoms with Crippen LogP contribution in [0, 0.1) is 0 Å². The molecule has 1 aliphatic rings. The normalized spacial score (nSPS) is 27.6. The summed E-state index contributed by atoms with van der Waals surface area (Å²) < 4.78 is 43.8. The number of rotatable bonds is 10. The summed E-state index contributed by atoms with van der Waals surface area (Å²) in [7, 11) is -5.01. The fourth-order valence-electron chi connectivity index (χ4n) is 2.55. The van der Waals surface area contributed by atoms with Gasteiger partial charge in [-0.15, -0.1) is 0 Å². The number of ether oxygens (including phenoxy) is 1. The van der Waals surface area contributed by atoms with Crippen LogP contribution in [0.15, 0.2) is 11.0 Å². The van der Waals surface area contributed by atoms with Crippen molar-refractivity contribution in [2.24, 2.45) is 0 Å². The minimum atomic E-state index is -5.33. The summed E-state index contributed by atoms with van der Waals surface area (Å²) >= 11 is 0. The first-order valence-electron chi connectivity index (χ1n) is 9.08. The summed E-state index contributed by atoms with van der Waals surface area (Å²) in [6, 6.07) is 0. The standard InChI is InChI=1S/C14H26N4O12P2/c1-18(2,3)4-5-27-31(23,24)30-32(25,26)29-8-6-17(14(22)16-12(8)15)13-11(21)10(20)9(7-19)28-13/h6,9-11,13,19-21H,4-5,7H2,1-3H3,(H3-,15,16,22,23,24,25,26)/p+1. The quantitative estimate of drug-likeness (QED) is 0.146. The Bertz CT molecular complexity index is 966. The molecule has 1 aromatic rings. The first kappa shape index (κ1) is 26.8. The Balaban J connectivity index is 2.20. The molecule has 1 aliphatic heterocycles. The minimum Gasteiger partial charge on any atom is -0.398 e. The molecule has 32 heavy (non-hydrogen) atoms. The van der Waals surface area contributed by atoms with Gasteiger partial charge in [0.15, 0.2) is 17.8 Å². The zero-order valence-electron chi connectivity index (χ0n) is 17.4. The van der Waals surface area contributed by atoms with Crippen molar-refractivity contribution in [3.05, 3.63) is 16.7 Å². The summed E-state index contributed by atoms with van der Waals surface area (Å²) in [4.78, 5) is 35.0. The largest absolute Gasteiger partial charge is 0.536 e. The van der Waals surface area contributed by atoms with Gasteiger partial charge in [-0.05, 0) is 0 Å². The first-order valence-corrected chi connectivity index (χ1v) is 12.1. The number of anilines is 1. The minimum absolute atomic E-state index is 0.275. The number of hydrogen-bond acceptors (Lipinski definition) is 12. The molecule has 0 spiro atoms. The van der Waals surface area contributed by atoms with E-state index in [1.165, 1.54) is 0 Å². The number of nitrogens with zero attached hydrogens (tertiary/aromatic N) is 3. The molecule has 2 heterocycles. The van der Waals surface area contributed by atoms with Crippen molar-refractivity contribution in [3.8, 4) is 5.75 Å². The van der Waals surface area contributed by atoms with Gasteiger partial charge >= 0.3 is 21.3 Å². The molecule has 18 heteroatoms. The van der Waals surface area contributed by atoms with Crippen molar-refractivity contribution in [1.82, 2.24) is 9.55 Å². The van der Waals surface area contributed by atoms with E-state index in [0.717, 1.165) is 6.20 Å². The summed E-state index contributed by atoms with van der Waals surface area (Å²) in [5, 5.41) is 29.1. The molecular formula is C14H27N4O12P2+. The lowest BCUT2D eigenvalue weighted by atomic mass is 10.1. The summed E-state index contributed by atoms with van der Waals surface area (Å²) in [6.45, 7) is -0.678. The number of quaternary nitrogens is 1. The molecule has 6 atom stereocenters. The fraction of sp³-hybridized carbons (Fsp3) is 0.714. The third kappa shape index (κ3) is 7.04. The highest BCUT2D eigenvalue weighted by molar-refractivity contribution is 7.61. The highest BCUT2D eigenvalue weighted by Crippen LogP contribution is 2.60. The number of aliphatic hydroxyl groups is 3. The van der Waals surface area contributed by atoms with E-state index in [-0.39, 0.29) is 13.2 Å². The zero-order valence-corrected chi connectivity index (χ0v) is 19.2. The van der Waals surface area contributed by atoms with Crippen molar-refractivity contribution >= 4 is 21.5 Å². The third-order valence-corrected chi connectivity index (χ3v) is 6.76. The maximum Gasteiger partial charge on any atom is 0.536 e. The van der Waals surface area contributed by atoms with Crippen LogP contribution in [-0.2, 0) is 22.7 Å². The van der Waals surface area contributed by atoms with E-state index >= 15 is 0 Å². The predicted molar refractivity (Wildman–Crippen MR) is 106 cm³/mol. The molecule has 0 amide bonds. The highest BCUT2D eigenvalue weighted by Gasteiger charge is 2.44. The van der Waals surface area contributed by atoms with Crippen LogP contribution in [0.4, 0.5) is 5.82 Å². The van der Waals surface area contributed by atoms with Gasteiger partial charge < -0.3 is 39.7 Å². The van der Waals surface area contributed by atoms with Gasteiger partial charge in [0, 0.05) is 0 Å². The van der Waals surface area contributed by atoms with Crippen LogP contribution < -0.4 is 15.9 Å². The number of nitrogen functional groups attached to an aromatic ring is 1. The van der Waals surface area contributed by atoms with E-state index in [0.29, 0.717) is 9.05 Å². The van der Waals surface area contributed by atoms with E-state index in [2.05, 4.69) is 18.3 Å². The smallest absolute Gasteiger partial charge is 0.398 e. The van der Waals surface area contributed by atoms with Gasteiger partial charge in [0.05, 0.1) is 33.9 Å². The van der Waals surface area contributed by atoms with Crippen LogP contribution in [0.5, 0.6) is 5.75 Å². The van der Waals surface area contributed by atoms with Gasteiger partial charge in [-0.25, -0.2) is 13.9 Å². The molecule has 1 aromatic heterocycles. The molecule has 0 radical (unpaired) electrons. The molecule has 2 rings (SSSR count). The Morgan fingerprint density at radius 1 is 1.22 bits per heavy atom. The Labute approximate surface area is 182 Å². The average molecular weight is 505 g/mol. The van der Waals surface area contributed by atoms with Crippen molar-refractivity contribution in [2.75, 3.05) is 46.6 Å². The molecule has 16 nitrogen and oxygen atoms in total. The second-order valence-corrected chi connectivity index (χ2v) is 10.8. The number of nitrogens with two attached hydrogens (primary N) is 1. The first-order chi connectivity index (χ1) is 14.6. The lowest BCUT2D eigenvalue weighted by Crippen LogP contribution is -2.37. The van der Waals surface area contributed by atoms with Gasteiger partial charge in [0.1, 0.15) is 31.5 Å². The molecular weight excluding hydrogens is 478 g/mol. The molecule has 0 bridgehead atoms. The third-order valence-electron chi connectivity index (χ3n) is 4.17. The summed E-state index contributed by atoms with van der Waals surface area (Å²) in [5.74, 6) is -1.42. The lowest BCUT2D eigenvalue weighted by Gasteiger charge is -2.24. The number of aromatic nitrogens is 2. The van der Waals surface area contributed by atoms with Gasteiger partial charge in [0.2, 0.25) is 0 Å². The zero-order chi connectivity index (χ0) is 24.5. The van der Waals surface area contributed by atoms with Crippen LogP contribution in [0.1, 0.15) is 6.23 Å². The Kier molecular flexibility index (Phi) is 8.24. The molecule has 0 saturated carbocycles. The van der Waals surface area contributed by atoms with Crippen LogP contribution in [0.25, 0.3) is 0 Å². The molecule has 184 valence electrons. The molecule has 6 unspecified atom stereocenters. The number of phosphoric acid groups is 2. The SMILES string of the molecule is C[N+](C)(C)CCOP(=O)(O)OP(=O)(O)Oc1cn(C2OC(CO)C(O)C2O)c(=O)nc1N. The van der Waals surface area contributed by atoms with E-state index < -0.39 is 64.0 Å². The second kappa shape index (κ2) is 9.83. The molecule has 1 saturated heterocycles. The topological polar surface area (TPSA) is 233 Å². The van der Waals surface area contributed by atoms with Gasteiger partial charge in [0.25, 0.3) is 0 Å². The molecule has 0 aromatic carbocycles. The molecule has 1 fully saturated rings. The van der Waals surface area contributed by atoms with Crippen LogP contribution >= 0.6 is 15.6 Å². The van der Waals surface area contributed by atoms with Crippen molar-refractivity contribution in [2.45, 2.75) is 24.5 Å². The Morgan fingerprint density at radius 2 is 1.84 bits per heavy atom. The van der Waals surface area contributed by atoms with Crippen LogP contribution in [0.3, 0.4) is 0 Å². The van der Waals surface area contributed by atoms with Gasteiger partial charge in [-0.1, -0.05) is 0 Å². The molecule has 7 N–H and O–H groups in total. The van der Waals surface area contributed by atoms with Gasteiger partial charge in [-0.2, -0.15) is 9.29 Å². The Morgan fingerprint density at radius 3 is 2.38 bits per heavy atom. The lowest BCUT2D eigenvalue weighted by molar-refractivity contribution is -0.870. The average Bonchev–Trinajstić information content (AvgIpc) is 2.89. The van der Waals surface area contributed by atoms with E-state index in [4.69, 9.17) is 15.6 Å². The van der Waals surface area contributed by atoms with Gasteiger partial charge in [-0.3, -0.25) is 14.0 Å².